The Kier molecular flexibility index (Phi) is 3.42. The van der Waals surface area contributed by atoms with E-state index in [0.717, 1.165) is 24.0 Å². The Morgan fingerprint density at radius 2 is 2.00 bits per heavy atom. The Balaban J connectivity index is 2.15. The molecule has 1 fully saturated rings. The molecule has 5 heteroatoms. The number of rotatable bonds is 1. The molecular formula is C12H21N3S2. The second kappa shape index (κ2) is 4.43. The van der Waals surface area contributed by atoms with Crippen LogP contribution in [-0.2, 0) is 5.41 Å². The summed E-state index contributed by atoms with van der Waals surface area (Å²) in [6, 6.07) is 0. The lowest BCUT2D eigenvalue weighted by molar-refractivity contribution is 0.553. The van der Waals surface area contributed by atoms with Gasteiger partial charge in [-0.3, -0.25) is 0 Å². The van der Waals surface area contributed by atoms with Crippen LogP contribution < -0.4 is 4.90 Å². The Morgan fingerprint density at radius 3 is 2.53 bits per heavy atom. The minimum atomic E-state index is 0.0504. The molecule has 0 aromatic carbocycles. The molecule has 0 unspecified atom stereocenters. The summed E-state index contributed by atoms with van der Waals surface area (Å²) in [5.41, 5.74) is 0.0504. The number of aromatic nitrogens is 2. The molecule has 3 nitrogen and oxygen atoms in total. The van der Waals surface area contributed by atoms with Gasteiger partial charge in [0.15, 0.2) is 0 Å². The molecule has 0 radical (unpaired) electrons. The molecule has 1 aromatic rings. The Morgan fingerprint density at radius 1 is 1.29 bits per heavy atom. The summed E-state index contributed by atoms with van der Waals surface area (Å²) in [5.74, 6) is 2.14. The normalized spacial score (nSPS) is 20.6. The molecule has 1 aliphatic heterocycles. The van der Waals surface area contributed by atoms with E-state index in [1.807, 2.05) is 11.8 Å². The lowest BCUT2D eigenvalue weighted by atomic mass is 9.96. The summed E-state index contributed by atoms with van der Waals surface area (Å²) in [5, 5.41) is 1.09. The molecule has 1 saturated heterocycles. The quantitative estimate of drug-likeness (QED) is 0.784. The molecule has 0 N–H and O–H groups in total. The molecular weight excluding hydrogens is 250 g/mol. The van der Waals surface area contributed by atoms with Crippen molar-refractivity contribution in [3.63, 3.8) is 0 Å². The van der Waals surface area contributed by atoms with Gasteiger partial charge in [-0.2, -0.15) is 16.1 Å². The lowest BCUT2D eigenvalue weighted by Crippen LogP contribution is -2.43. The lowest BCUT2D eigenvalue weighted by Gasteiger charge is -2.37. The summed E-state index contributed by atoms with van der Waals surface area (Å²) < 4.78 is 4.82. The van der Waals surface area contributed by atoms with Gasteiger partial charge in [-0.15, -0.1) is 0 Å². The molecule has 2 rings (SSSR count). The fourth-order valence-electron chi connectivity index (χ4n) is 1.83. The molecule has 17 heavy (non-hydrogen) atoms. The molecule has 0 aliphatic carbocycles. The average Bonchev–Trinajstić information content (AvgIpc) is 2.63. The molecule has 0 amide bonds. The number of anilines is 1. The largest absolute Gasteiger partial charge is 0.345 e. The molecule has 1 aromatic heterocycles. The van der Waals surface area contributed by atoms with E-state index >= 15 is 0 Å². The van der Waals surface area contributed by atoms with Crippen molar-refractivity contribution in [2.75, 3.05) is 23.7 Å². The van der Waals surface area contributed by atoms with Crippen LogP contribution in [0, 0.1) is 0 Å². The van der Waals surface area contributed by atoms with Crippen molar-refractivity contribution in [1.29, 1.82) is 0 Å². The van der Waals surface area contributed by atoms with Crippen molar-refractivity contribution in [3.8, 4) is 0 Å². The van der Waals surface area contributed by atoms with E-state index in [1.54, 1.807) is 0 Å². The second-order valence-corrected chi connectivity index (χ2v) is 8.71. The van der Waals surface area contributed by atoms with Gasteiger partial charge in [-0.1, -0.05) is 20.8 Å². The number of nitrogens with zero attached hydrogens (tertiary/aromatic N) is 3. The predicted octanol–water partition coefficient (Wildman–Crippen LogP) is 3.17. The van der Waals surface area contributed by atoms with E-state index in [9.17, 15) is 0 Å². The van der Waals surface area contributed by atoms with Crippen LogP contribution in [-0.4, -0.2) is 32.9 Å². The van der Waals surface area contributed by atoms with Gasteiger partial charge < -0.3 is 4.90 Å². The molecule has 0 spiro atoms. The standard InChI is InChI=1S/C12H21N3S2/c1-11(2,3)9-13-10(17-14-9)15-6-7-16-12(4,5)8-15/h6-8H2,1-5H3. The van der Waals surface area contributed by atoms with Crippen LogP contribution in [0.4, 0.5) is 5.13 Å². The Labute approximate surface area is 112 Å². The van der Waals surface area contributed by atoms with Gasteiger partial charge in [0, 0.05) is 40.5 Å². The van der Waals surface area contributed by atoms with E-state index in [1.165, 1.54) is 17.3 Å². The van der Waals surface area contributed by atoms with Crippen LogP contribution in [0.3, 0.4) is 0 Å². The summed E-state index contributed by atoms with van der Waals surface area (Å²) in [7, 11) is 0. The third kappa shape index (κ3) is 3.13. The molecule has 96 valence electrons. The molecule has 0 atom stereocenters. The molecule has 2 heterocycles. The average molecular weight is 271 g/mol. The van der Waals surface area contributed by atoms with Crippen LogP contribution in [0.5, 0.6) is 0 Å². The highest BCUT2D eigenvalue weighted by molar-refractivity contribution is 8.00. The minimum Gasteiger partial charge on any atom is -0.345 e. The van der Waals surface area contributed by atoms with E-state index in [0.29, 0.717) is 4.75 Å². The van der Waals surface area contributed by atoms with Crippen molar-refractivity contribution in [2.24, 2.45) is 0 Å². The van der Waals surface area contributed by atoms with Gasteiger partial charge in [-0.05, 0) is 13.8 Å². The zero-order valence-electron chi connectivity index (χ0n) is 11.3. The van der Waals surface area contributed by atoms with Gasteiger partial charge in [0.05, 0.1) is 0 Å². The topological polar surface area (TPSA) is 29.0 Å². The molecule has 0 bridgehead atoms. The monoisotopic (exact) mass is 271 g/mol. The summed E-state index contributed by atoms with van der Waals surface area (Å²) in [6.07, 6.45) is 0. The molecule has 0 saturated carbocycles. The minimum absolute atomic E-state index is 0.0504. The summed E-state index contributed by atoms with van der Waals surface area (Å²) in [4.78, 5) is 7.07. The van der Waals surface area contributed by atoms with E-state index < -0.39 is 0 Å². The number of thioether (sulfide) groups is 1. The van der Waals surface area contributed by atoms with E-state index in [-0.39, 0.29) is 5.41 Å². The van der Waals surface area contributed by atoms with E-state index in [2.05, 4.69) is 43.9 Å². The van der Waals surface area contributed by atoms with Gasteiger partial charge in [0.1, 0.15) is 5.82 Å². The zero-order chi connectivity index (χ0) is 12.7. The van der Waals surface area contributed by atoms with Crippen LogP contribution in [0.15, 0.2) is 0 Å². The van der Waals surface area contributed by atoms with Gasteiger partial charge >= 0.3 is 0 Å². The van der Waals surface area contributed by atoms with Crippen molar-refractivity contribution in [2.45, 2.75) is 44.8 Å². The number of hydrogen-bond acceptors (Lipinski definition) is 5. The van der Waals surface area contributed by atoms with Gasteiger partial charge in [0.2, 0.25) is 5.13 Å². The highest BCUT2D eigenvalue weighted by atomic mass is 32.2. The van der Waals surface area contributed by atoms with Gasteiger partial charge in [0.25, 0.3) is 0 Å². The van der Waals surface area contributed by atoms with Crippen molar-refractivity contribution < 1.29 is 0 Å². The van der Waals surface area contributed by atoms with Crippen LogP contribution in [0.2, 0.25) is 0 Å². The maximum absolute atomic E-state index is 4.69. The van der Waals surface area contributed by atoms with E-state index in [4.69, 9.17) is 4.98 Å². The fraction of sp³-hybridized carbons (Fsp3) is 0.833. The van der Waals surface area contributed by atoms with Crippen molar-refractivity contribution in [3.05, 3.63) is 5.82 Å². The van der Waals surface area contributed by atoms with Gasteiger partial charge in [-0.25, -0.2) is 4.98 Å². The summed E-state index contributed by atoms with van der Waals surface area (Å²) in [6.45, 7) is 13.2. The maximum Gasteiger partial charge on any atom is 0.205 e. The van der Waals surface area contributed by atoms with Crippen LogP contribution in [0.25, 0.3) is 0 Å². The SMILES string of the molecule is CC1(C)CN(c2nc(C(C)(C)C)ns2)CCS1. The smallest absolute Gasteiger partial charge is 0.205 e. The molecule has 1 aliphatic rings. The third-order valence-corrected chi connectivity index (χ3v) is 4.86. The van der Waals surface area contributed by atoms with Crippen LogP contribution >= 0.6 is 23.3 Å². The highest BCUT2D eigenvalue weighted by Crippen LogP contribution is 2.33. The highest BCUT2D eigenvalue weighted by Gasteiger charge is 2.29. The first kappa shape index (κ1) is 13.1. The first-order valence-electron chi connectivity index (χ1n) is 6.01. The Bertz CT molecular complexity index is 393. The zero-order valence-corrected chi connectivity index (χ0v) is 12.9. The van der Waals surface area contributed by atoms with Crippen molar-refractivity contribution >= 4 is 28.4 Å². The summed E-state index contributed by atoms with van der Waals surface area (Å²) >= 11 is 3.59. The first-order valence-corrected chi connectivity index (χ1v) is 7.77. The predicted molar refractivity (Wildman–Crippen MR) is 77.4 cm³/mol. The third-order valence-electron chi connectivity index (χ3n) is 2.78. The second-order valence-electron chi connectivity index (χ2n) is 6.18. The van der Waals surface area contributed by atoms with Crippen molar-refractivity contribution in [1.82, 2.24) is 9.36 Å². The van der Waals surface area contributed by atoms with Crippen LogP contribution in [0.1, 0.15) is 40.4 Å². The Hall–Kier alpha value is -0.290. The maximum atomic E-state index is 4.69. The number of hydrogen-bond donors (Lipinski definition) is 0. The fourth-order valence-corrected chi connectivity index (χ4v) is 3.82. The first-order chi connectivity index (χ1) is 7.78.